The highest BCUT2D eigenvalue weighted by molar-refractivity contribution is 4.88. The zero-order chi connectivity index (χ0) is 11.2. The van der Waals surface area contributed by atoms with Crippen molar-refractivity contribution >= 4 is 0 Å². The second-order valence-corrected chi connectivity index (χ2v) is 6.50. The summed E-state index contributed by atoms with van der Waals surface area (Å²) >= 11 is 0. The third kappa shape index (κ3) is 1.82. The minimum Gasteiger partial charge on any atom is -0.310 e. The second-order valence-electron chi connectivity index (χ2n) is 6.50. The van der Waals surface area contributed by atoms with Gasteiger partial charge >= 0.3 is 0 Å². The van der Waals surface area contributed by atoms with Gasteiger partial charge in [-0.15, -0.1) is 0 Å². The summed E-state index contributed by atoms with van der Waals surface area (Å²) in [6.07, 6.45) is 1.23. The first-order chi connectivity index (χ1) is 6.12. The maximum absolute atomic E-state index is 2.63. The quantitative estimate of drug-likeness (QED) is 0.617. The predicted molar refractivity (Wildman–Crippen MR) is 62.1 cm³/mol. The van der Waals surface area contributed by atoms with E-state index in [2.05, 4.69) is 53.6 Å². The molecular weight excluding hydrogens is 172 g/mol. The molecule has 0 aromatic rings. The van der Waals surface area contributed by atoms with Gasteiger partial charge in [-0.25, -0.2) is 4.90 Å². The van der Waals surface area contributed by atoms with Gasteiger partial charge in [-0.2, -0.15) is 0 Å². The summed E-state index contributed by atoms with van der Waals surface area (Å²) in [5.41, 5.74) is 0.732. The molecule has 0 unspecified atom stereocenters. The van der Waals surface area contributed by atoms with Crippen LogP contribution < -0.4 is 0 Å². The number of nitrogens with zero attached hydrogens (tertiary/aromatic N) is 2. The number of rotatable bonds is 2. The van der Waals surface area contributed by atoms with Crippen molar-refractivity contribution in [3.05, 3.63) is 0 Å². The molecule has 0 bridgehead atoms. The molecule has 1 aliphatic rings. The van der Waals surface area contributed by atoms with Crippen LogP contribution in [0.4, 0.5) is 0 Å². The van der Waals surface area contributed by atoms with Gasteiger partial charge in [0.15, 0.2) is 0 Å². The molecule has 0 radical (unpaired) electrons. The Bertz CT molecular complexity index is 200. The Morgan fingerprint density at radius 1 is 1.29 bits per heavy atom. The summed E-state index contributed by atoms with van der Waals surface area (Å²) in [6.45, 7) is 14.1. The van der Waals surface area contributed by atoms with E-state index < -0.39 is 0 Å². The Balaban J connectivity index is 2.83. The minimum absolute atomic E-state index is 0.350. The topological polar surface area (TPSA) is 3.24 Å². The maximum atomic E-state index is 2.63. The van der Waals surface area contributed by atoms with Crippen molar-refractivity contribution in [1.82, 2.24) is 4.90 Å². The van der Waals surface area contributed by atoms with E-state index in [0.717, 1.165) is 4.48 Å². The largest absolute Gasteiger partial charge is 0.310 e. The summed E-state index contributed by atoms with van der Waals surface area (Å²) in [7, 11) is 4.68. The van der Waals surface area contributed by atoms with Crippen molar-refractivity contribution < 1.29 is 4.48 Å². The van der Waals surface area contributed by atoms with Gasteiger partial charge in [-0.3, -0.25) is 0 Å². The molecule has 0 aromatic heterocycles. The fraction of sp³-hybridized carbons (Fsp3) is 1.00. The van der Waals surface area contributed by atoms with Crippen LogP contribution >= 0.6 is 0 Å². The van der Waals surface area contributed by atoms with Gasteiger partial charge in [0.05, 0.1) is 20.6 Å². The third-order valence-corrected chi connectivity index (χ3v) is 4.46. The molecule has 1 saturated heterocycles. The molecule has 2 nitrogen and oxygen atoms in total. The number of hydrogen-bond acceptors (Lipinski definition) is 1. The van der Waals surface area contributed by atoms with Crippen molar-refractivity contribution in [2.75, 3.05) is 27.3 Å². The predicted octanol–water partition coefficient (Wildman–Crippen LogP) is 2.30. The number of likely N-dealkylation sites (N-methyl/N-ethyl adjacent to an activating group) is 1. The molecule has 0 saturated carbocycles. The summed E-state index contributed by atoms with van der Waals surface area (Å²) in [4.78, 5) is 2.63. The lowest BCUT2D eigenvalue weighted by Crippen LogP contribution is -2.52. The molecule has 0 amide bonds. The Hall–Kier alpha value is -0.0800. The Labute approximate surface area is 89.5 Å². The van der Waals surface area contributed by atoms with Crippen molar-refractivity contribution in [3.8, 4) is 0 Å². The van der Waals surface area contributed by atoms with Crippen LogP contribution in [0.2, 0.25) is 0 Å². The standard InChI is InChI=1S/C12H27N2/c1-8-11(2,3)13-9-12(4,5)14(6,7)10-13/h8-10H2,1-7H3/q+1. The van der Waals surface area contributed by atoms with E-state index in [9.17, 15) is 0 Å². The van der Waals surface area contributed by atoms with E-state index in [4.69, 9.17) is 0 Å². The van der Waals surface area contributed by atoms with Crippen LogP contribution in [0.25, 0.3) is 0 Å². The molecule has 1 heterocycles. The second kappa shape index (κ2) is 3.21. The lowest BCUT2D eigenvalue weighted by atomic mass is 9.97. The van der Waals surface area contributed by atoms with Crippen LogP contribution in [-0.4, -0.2) is 47.8 Å². The van der Waals surface area contributed by atoms with E-state index in [1.54, 1.807) is 0 Å². The Morgan fingerprint density at radius 3 is 2.07 bits per heavy atom. The third-order valence-electron chi connectivity index (χ3n) is 4.46. The molecule has 0 aromatic carbocycles. The summed E-state index contributed by atoms with van der Waals surface area (Å²) in [5.74, 6) is 0. The smallest absolute Gasteiger partial charge is 0.135 e. The zero-order valence-electron chi connectivity index (χ0n) is 11.0. The molecular formula is C12H27N2+. The summed E-state index contributed by atoms with van der Waals surface area (Å²) in [6, 6.07) is 0. The zero-order valence-corrected chi connectivity index (χ0v) is 11.0. The van der Waals surface area contributed by atoms with E-state index >= 15 is 0 Å². The molecule has 1 aliphatic heterocycles. The van der Waals surface area contributed by atoms with Gasteiger partial charge < -0.3 is 4.48 Å². The summed E-state index contributed by atoms with van der Waals surface area (Å²) < 4.78 is 1.11. The van der Waals surface area contributed by atoms with E-state index in [0.29, 0.717) is 11.1 Å². The Morgan fingerprint density at radius 2 is 1.79 bits per heavy atom. The molecule has 84 valence electrons. The minimum atomic E-state index is 0.350. The molecule has 0 aliphatic carbocycles. The van der Waals surface area contributed by atoms with E-state index in [1.165, 1.54) is 19.6 Å². The molecule has 14 heavy (non-hydrogen) atoms. The van der Waals surface area contributed by atoms with Crippen molar-refractivity contribution in [3.63, 3.8) is 0 Å². The molecule has 2 heteroatoms. The SMILES string of the molecule is CCC(C)(C)N1CC(C)(C)[N+](C)(C)C1. The maximum Gasteiger partial charge on any atom is 0.135 e. The van der Waals surface area contributed by atoms with Crippen LogP contribution in [0.15, 0.2) is 0 Å². The molecule has 0 N–H and O–H groups in total. The lowest BCUT2D eigenvalue weighted by molar-refractivity contribution is -0.927. The highest BCUT2D eigenvalue weighted by atomic mass is 15.5. The van der Waals surface area contributed by atoms with Crippen molar-refractivity contribution in [2.45, 2.75) is 52.1 Å². The first-order valence-corrected chi connectivity index (χ1v) is 5.70. The van der Waals surface area contributed by atoms with Gasteiger partial charge in [0, 0.05) is 5.54 Å². The van der Waals surface area contributed by atoms with Crippen molar-refractivity contribution in [1.29, 1.82) is 0 Å². The summed E-state index contributed by atoms with van der Waals surface area (Å²) in [5, 5.41) is 0. The van der Waals surface area contributed by atoms with Crippen LogP contribution in [0.5, 0.6) is 0 Å². The van der Waals surface area contributed by atoms with Gasteiger partial charge in [-0.1, -0.05) is 6.92 Å². The fourth-order valence-electron chi connectivity index (χ4n) is 1.96. The van der Waals surface area contributed by atoms with Crippen LogP contribution in [0, 0.1) is 0 Å². The van der Waals surface area contributed by atoms with Crippen molar-refractivity contribution in [2.24, 2.45) is 0 Å². The molecule has 1 fully saturated rings. The fourth-order valence-corrected chi connectivity index (χ4v) is 1.96. The van der Waals surface area contributed by atoms with Crippen LogP contribution in [0.3, 0.4) is 0 Å². The van der Waals surface area contributed by atoms with E-state index in [1.807, 2.05) is 0 Å². The lowest BCUT2D eigenvalue weighted by Gasteiger charge is -2.37. The van der Waals surface area contributed by atoms with Gasteiger partial charge in [0.25, 0.3) is 0 Å². The first kappa shape index (κ1) is 12.0. The average Bonchev–Trinajstić information content (AvgIpc) is 2.22. The normalized spacial score (nSPS) is 26.8. The van der Waals surface area contributed by atoms with Crippen LogP contribution in [-0.2, 0) is 0 Å². The van der Waals surface area contributed by atoms with Gasteiger partial charge in [0.2, 0.25) is 0 Å². The first-order valence-electron chi connectivity index (χ1n) is 5.70. The molecule has 1 rings (SSSR count). The Kier molecular flexibility index (Phi) is 2.75. The molecule has 0 spiro atoms. The molecule has 0 atom stereocenters. The van der Waals surface area contributed by atoms with Crippen LogP contribution in [0.1, 0.15) is 41.0 Å². The number of quaternary nitrogens is 1. The van der Waals surface area contributed by atoms with Gasteiger partial charge in [0.1, 0.15) is 12.2 Å². The highest BCUT2D eigenvalue weighted by Gasteiger charge is 2.49. The number of hydrogen-bond donors (Lipinski definition) is 0. The van der Waals surface area contributed by atoms with Gasteiger partial charge in [-0.05, 0) is 34.1 Å². The monoisotopic (exact) mass is 199 g/mol. The average molecular weight is 199 g/mol. The highest BCUT2D eigenvalue weighted by Crippen LogP contribution is 2.34. The van der Waals surface area contributed by atoms with E-state index in [-0.39, 0.29) is 0 Å².